The quantitative estimate of drug-likeness (QED) is 0.658. The maximum atomic E-state index is 12.5. The number of nitrogens with zero attached hydrogens (tertiary/aromatic N) is 2. The number of hydrogen-bond donors (Lipinski definition) is 2. The van der Waals surface area contributed by atoms with Crippen LogP contribution < -0.4 is 19.5 Å². The van der Waals surface area contributed by atoms with Crippen LogP contribution in [-0.4, -0.2) is 25.4 Å². The van der Waals surface area contributed by atoms with Crippen molar-refractivity contribution >= 4 is 21.7 Å². The Balaban J connectivity index is 1.41. The molecule has 1 aromatic heterocycles. The first-order valence-electron chi connectivity index (χ1n) is 8.55. The van der Waals surface area contributed by atoms with E-state index in [2.05, 4.69) is 20.2 Å². The fourth-order valence-corrected chi connectivity index (χ4v) is 3.63. The van der Waals surface area contributed by atoms with E-state index in [4.69, 9.17) is 9.47 Å². The molecule has 1 aliphatic rings. The fourth-order valence-electron chi connectivity index (χ4n) is 2.62. The van der Waals surface area contributed by atoms with E-state index < -0.39 is 10.0 Å². The highest BCUT2D eigenvalue weighted by molar-refractivity contribution is 7.92. The van der Waals surface area contributed by atoms with Gasteiger partial charge in [-0.1, -0.05) is 29.8 Å². The predicted octanol–water partition coefficient (Wildman–Crippen LogP) is 2.93. The summed E-state index contributed by atoms with van der Waals surface area (Å²) in [6.07, 6.45) is 0. The second-order valence-corrected chi connectivity index (χ2v) is 7.95. The molecule has 0 amide bonds. The third kappa shape index (κ3) is 3.99. The van der Waals surface area contributed by atoms with Gasteiger partial charge in [-0.15, -0.1) is 10.2 Å². The van der Waals surface area contributed by atoms with Crippen LogP contribution in [0.25, 0.3) is 0 Å². The maximum absolute atomic E-state index is 12.5. The molecule has 0 atom stereocenters. The molecule has 144 valence electrons. The highest BCUT2D eigenvalue weighted by Crippen LogP contribution is 2.34. The van der Waals surface area contributed by atoms with Crippen molar-refractivity contribution in [1.82, 2.24) is 10.2 Å². The molecule has 1 aliphatic heterocycles. The molecular weight excluding hydrogens is 380 g/mol. The van der Waals surface area contributed by atoms with E-state index in [0.717, 1.165) is 5.56 Å². The van der Waals surface area contributed by atoms with Crippen molar-refractivity contribution in [2.45, 2.75) is 18.4 Å². The van der Waals surface area contributed by atoms with Crippen molar-refractivity contribution in [3.8, 4) is 11.5 Å². The summed E-state index contributed by atoms with van der Waals surface area (Å²) in [6, 6.07) is 15.8. The molecule has 2 heterocycles. The second kappa shape index (κ2) is 7.35. The molecule has 4 rings (SSSR count). The Morgan fingerprint density at radius 3 is 2.39 bits per heavy atom. The first kappa shape index (κ1) is 18.1. The van der Waals surface area contributed by atoms with Gasteiger partial charge in [0, 0.05) is 12.6 Å². The van der Waals surface area contributed by atoms with Gasteiger partial charge in [-0.05, 0) is 36.8 Å². The molecule has 0 spiro atoms. The molecule has 2 N–H and O–H groups in total. The summed E-state index contributed by atoms with van der Waals surface area (Å²) < 4.78 is 37.9. The van der Waals surface area contributed by atoms with Crippen LogP contribution in [0.5, 0.6) is 11.5 Å². The summed E-state index contributed by atoms with van der Waals surface area (Å²) >= 11 is 0. The minimum absolute atomic E-state index is 0.0557. The molecule has 0 fully saturated rings. The van der Waals surface area contributed by atoms with Crippen molar-refractivity contribution in [3.63, 3.8) is 0 Å². The van der Waals surface area contributed by atoms with Gasteiger partial charge in [0.25, 0.3) is 10.0 Å². The number of aromatic nitrogens is 2. The number of fused-ring (bicyclic) bond motifs is 1. The zero-order valence-corrected chi connectivity index (χ0v) is 15.9. The summed E-state index contributed by atoms with van der Waals surface area (Å²) in [5.41, 5.74) is 2.31. The monoisotopic (exact) mass is 398 g/mol. The average molecular weight is 398 g/mol. The minimum Gasteiger partial charge on any atom is -0.454 e. The van der Waals surface area contributed by atoms with Gasteiger partial charge in [0.2, 0.25) is 6.79 Å². The zero-order chi connectivity index (χ0) is 19.6. The van der Waals surface area contributed by atoms with Gasteiger partial charge in [-0.3, -0.25) is 4.72 Å². The lowest BCUT2D eigenvalue weighted by molar-refractivity contribution is 0.174. The number of ether oxygens (including phenoxy) is 2. The molecule has 0 aliphatic carbocycles. The summed E-state index contributed by atoms with van der Waals surface area (Å²) in [4.78, 5) is 0.0557. The Morgan fingerprint density at radius 1 is 0.929 bits per heavy atom. The smallest absolute Gasteiger partial charge is 0.263 e. The molecule has 2 aromatic carbocycles. The van der Waals surface area contributed by atoms with E-state index in [0.29, 0.717) is 23.9 Å². The van der Waals surface area contributed by atoms with Crippen molar-refractivity contribution in [1.29, 1.82) is 0 Å². The lowest BCUT2D eigenvalue weighted by Crippen LogP contribution is -2.14. The molecule has 28 heavy (non-hydrogen) atoms. The Bertz CT molecular complexity index is 1080. The number of nitrogens with one attached hydrogen (secondary N) is 2. The van der Waals surface area contributed by atoms with E-state index >= 15 is 0 Å². The van der Waals surface area contributed by atoms with Crippen LogP contribution in [0, 0.1) is 6.92 Å². The molecular formula is C19H18N4O4S. The number of benzene rings is 2. The van der Waals surface area contributed by atoms with Crippen LogP contribution in [0.1, 0.15) is 11.1 Å². The van der Waals surface area contributed by atoms with E-state index in [-0.39, 0.29) is 17.5 Å². The van der Waals surface area contributed by atoms with Crippen LogP contribution in [0.2, 0.25) is 0 Å². The molecule has 9 heteroatoms. The lowest BCUT2D eigenvalue weighted by atomic mass is 10.1. The SMILES string of the molecule is Cc1ccc(CNc2ccc(NS(=O)(=O)c3ccc4c(c3)OCO4)nn2)cc1. The third-order valence-corrected chi connectivity index (χ3v) is 5.50. The normalized spacial score (nSPS) is 12.6. The van der Waals surface area contributed by atoms with Gasteiger partial charge in [0.15, 0.2) is 17.3 Å². The van der Waals surface area contributed by atoms with Crippen LogP contribution in [0.4, 0.5) is 11.6 Å². The molecule has 0 saturated carbocycles. The topological polar surface area (TPSA) is 102 Å². The van der Waals surface area contributed by atoms with Gasteiger partial charge in [-0.25, -0.2) is 8.42 Å². The van der Waals surface area contributed by atoms with E-state index in [1.165, 1.54) is 17.7 Å². The van der Waals surface area contributed by atoms with Gasteiger partial charge in [0.05, 0.1) is 4.90 Å². The first-order chi connectivity index (χ1) is 13.5. The number of aryl methyl sites for hydroxylation is 1. The summed E-state index contributed by atoms with van der Waals surface area (Å²) in [5.74, 6) is 1.58. The van der Waals surface area contributed by atoms with Crippen LogP contribution >= 0.6 is 0 Å². The molecule has 8 nitrogen and oxygen atoms in total. The molecule has 0 unspecified atom stereocenters. The predicted molar refractivity (Wildman–Crippen MR) is 104 cm³/mol. The van der Waals surface area contributed by atoms with Crippen molar-refractivity contribution in [3.05, 3.63) is 65.7 Å². The zero-order valence-electron chi connectivity index (χ0n) is 15.0. The number of sulfonamides is 1. The lowest BCUT2D eigenvalue weighted by Gasteiger charge is -2.09. The fraction of sp³-hybridized carbons (Fsp3) is 0.158. The first-order valence-corrected chi connectivity index (χ1v) is 10.0. The van der Waals surface area contributed by atoms with Gasteiger partial charge < -0.3 is 14.8 Å². The third-order valence-electron chi connectivity index (χ3n) is 4.15. The molecule has 0 saturated heterocycles. The Morgan fingerprint density at radius 2 is 1.64 bits per heavy atom. The Labute approximate surface area is 162 Å². The van der Waals surface area contributed by atoms with E-state index in [9.17, 15) is 8.42 Å². The molecule has 0 radical (unpaired) electrons. The van der Waals surface area contributed by atoms with E-state index in [1.54, 1.807) is 18.2 Å². The largest absolute Gasteiger partial charge is 0.454 e. The van der Waals surface area contributed by atoms with Crippen LogP contribution in [0.15, 0.2) is 59.5 Å². The number of rotatable bonds is 6. The average Bonchev–Trinajstić information content (AvgIpc) is 3.16. The standard InChI is InChI=1S/C19H18N4O4S/c1-13-2-4-14(5-3-13)11-20-18-8-9-19(22-21-18)23-28(24,25)15-6-7-16-17(10-15)27-12-26-16/h2-10H,11-12H2,1H3,(H,20,21)(H,22,23). The maximum Gasteiger partial charge on any atom is 0.263 e. The minimum atomic E-state index is -3.82. The molecule has 3 aromatic rings. The second-order valence-electron chi connectivity index (χ2n) is 6.26. The van der Waals surface area contributed by atoms with Crippen molar-refractivity contribution in [2.75, 3.05) is 16.8 Å². The highest BCUT2D eigenvalue weighted by atomic mass is 32.2. The summed E-state index contributed by atoms with van der Waals surface area (Å²) in [7, 11) is -3.82. The molecule has 0 bridgehead atoms. The van der Waals surface area contributed by atoms with E-state index in [1.807, 2.05) is 31.2 Å². The van der Waals surface area contributed by atoms with Crippen LogP contribution in [0.3, 0.4) is 0 Å². The Hall–Kier alpha value is -3.33. The van der Waals surface area contributed by atoms with Gasteiger partial charge in [-0.2, -0.15) is 0 Å². The van der Waals surface area contributed by atoms with Crippen molar-refractivity contribution in [2.24, 2.45) is 0 Å². The number of anilines is 2. The highest BCUT2D eigenvalue weighted by Gasteiger charge is 2.20. The Kier molecular flexibility index (Phi) is 4.74. The summed E-state index contributed by atoms with van der Waals surface area (Å²) in [5, 5.41) is 11.1. The van der Waals surface area contributed by atoms with Gasteiger partial charge in [0.1, 0.15) is 5.82 Å². The van der Waals surface area contributed by atoms with Gasteiger partial charge >= 0.3 is 0 Å². The van der Waals surface area contributed by atoms with Crippen LogP contribution in [-0.2, 0) is 16.6 Å². The number of hydrogen-bond acceptors (Lipinski definition) is 7. The van der Waals surface area contributed by atoms with Crippen molar-refractivity contribution < 1.29 is 17.9 Å². The summed E-state index contributed by atoms with van der Waals surface area (Å²) in [6.45, 7) is 2.71.